The van der Waals surface area contributed by atoms with Crippen LogP contribution in [0.3, 0.4) is 0 Å². The van der Waals surface area contributed by atoms with Crippen LogP contribution in [-0.2, 0) is 4.43 Å². The van der Waals surface area contributed by atoms with E-state index in [2.05, 4.69) is 40.9 Å². The highest BCUT2D eigenvalue weighted by Crippen LogP contribution is 2.26. The highest BCUT2D eigenvalue weighted by Gasteiger charge is 2.31. The van der Waals surface area contributed by atoms with E-state index in [1.54, 1.807) is 0 Å². The zero-order chi connectivity index (χ0) is 12.6. The fourth-order valence-corrected chi connectivity index (χ4v) is 4.90. The molecule has 1 atom stereocenters. The Balaban J connectivity index is 4.56. The molecular formula is C14H28OSi. The molecule has 0 saturated heterocycles. The molecule has 0 heterocycles. The van der Waals surface area contributed by atoms with Gasteiger partial charge in [-0.2, -0.15) is 0 Å². The van der Waals surface area contributed by atoms with Gasteiger partial charge in [-0.1, -0.05) is 39.0 Å². The van der Waals surface area contributed by atoms with Gasteiger partial charge in [0.15, 0.2) is 8.32 Å². The molecule has 0 fully saturated rings. The summed E-state index contributed by atoms with van der Waals surface area (Å²) in [5.41, 5.74) is 1.16. The summed E-state index contributed by atoms with van der Waals surface area (Å²) in [6, 6.07) is 3.62. The van der Waals surface area contributed by atoms with E-state index in [0.717, 1.165) is 18.4 Å². The Hall–Kier alpha value is -0.343. The molecule has 0 aliphatic carbocycles. The molecule has 0 aromatic carbocycles. The predicted octanol–water partition coefficient (Wildman–Crippen LogP) is 4.92. The first-order chi connectivity index (χ1) is 7.55. The first-order valence-electron chi connectivity index (χ1n) is 6.49. The molecule has 0 aromatic rings. The summed E-state index contributed by atoms with van der Waals surface area (Å²) in [5.74, 6) is 0. The Morgan fingerprint density at radius 3 is 2.06 bits per heavy atom. The molecule has 16 heavy (non-hydrogen) atoms. The largest absolute Gasteiger partial charge is 0.410 e. The lowest BCUT2D eigenvalue weighted by atomic mass is 10.1. The second kappa shape index (κ2) is 7.85. The summed E-state index contributed by atoms with van der Waals surface area (Å²) in [7, 11) is -1.49. The van der Waals surface area contributed by atoms with Crippen molar-refractivity contribution in [3.8, 4) is 0 Å². The Bertz CT molecular complexity index is 211. The maximum absolute atomic E-state index is 6.44. The van der Waals surface area contributed by atoms with Gasteiger partial charge in [-0.3, -0.25) is 0 Å². The van der Waals surface area contributed by atoms with E-state index in [9.17, 15) is 0 Å². The van der Waals surface area contributed by atoms with Gasteiger partial charge in [-0.15, -0.1) is 6.58 Å². The van der Waals surface area contributed by atoms with E-state index in [1.807, 2.05) is 6.08 Å². The van der Waals surface area contributed by atoms with Crippen LogP contribution in [-0.4, -0.2) is 14.4 Å². The number of rotatable bonds is 9. The van der Waals surface area contributed by atoms with Crippen LogP contribution in [0, 0.1) is 0 Å². The number of hydrogen-bond donors (Lipinski definition) is 0. The van der Waals surface area contributed by atoms with Crippen molar-refractivity contribution in [1.82, 2.24) is 0 Å². The molecule has 0 aliphatic rings. The van der Waals surface area contributed by atoms with Crippen molar-refractivity contribution in [2.45, 2.75) is 64.8 Å². The van der Waals surface area contributed by atoms with Gasteiger partial charge in [0.2, 0.25) is 0 Å². The van der Waals surface area contributed by atoms with Crippen molar-refractivity contribution in [1.29, 1.82) is 0 Å². The van der Waals surface area contributed by atoms with Gasteiger partial charge in [0.1, 0.15) is 0 Å². The zero-order valence-corrected chi connectivity index (χ0v) is 12.5. The topological polar surface area (TPSA) is 9.23 Å². The van der Waals surface area contributed by atoms with Gasteiger partial charge in [0.05, 0.1) is 6.10 Å². The van der Waals surface area contributed by atoms with Crippen LogP contribution in [0.5, 0.6) is 0 Å². The van der Waals surface area contributed by atoms with Crippen LogP contribution >= 0.6 is 0 Å². The lowest BCUT2D eigenvalue weighted by Gasteiger charge is -2.33. The summed E-state index contributed by atoms with van der Waals surface area (Å²) in [6.45, 7) is 16.7. The SMILES string of the molecule is C=CCCC(O[Si](CC)(CC)CC)C(=C)C. The van der Waals surface area contributed by atoms with Crippen molar-refractivity contribution in [3.63, 3.8) is 0 Å². The first-order valence-corrected chi connectivity index (χ1v) is 9.02. The number of hydrogen-bond acceptors (Lipinski definition) is 1. The summed E-state index contributed by atoms with van der Waals surface area (Å²) in [4.78, 5) is 0. The van der Waals surface area contributed by atoms with Crippen LogP contribution in [0.2, 0.25) is 18.1 Å². The van der Waals surface area contributed by atoms with Crippen LogP contribution in [0.25, 0.3) is 0 Å². The summed E-state index contributed by atoms with van der Waals surface area (Å²) >= 11 is 0. The minimum atomic E-state index is -1.49. The maximum Gasteiger partial charge on any atom is 0.192 e. The summed E-state index contributed by atoms with van der Waals surface area (Å²) in [6.07, 6.45) is 4.25. The van der Waals surface area contributed by atoms with Crippen LogP contribution < -0.4 is 0 Å². The van der Waals surface area contributed by atoms with E-state index in [1.165, 1.54) is 18.1 Å². The Kier molecular flexibility index (Phi) is 7.69. The summed E-state index contributed by atoms with van der Waals surface area (Å²) < 4.78 is 6.44. The highest BCUT2D eigenvalue weighted by atomic mass is 28.4. The minimum Gasteiger partial charge on any atom is -0.410 e. The van der Waals surface area contributed by atoms with Crippen molar-refractivity contribution in [2.75, 3.05) is 0 Å². The lowest BCUT2D eigenvalue weighted by Crippen LogP contribution is -2.40. The molecule has 0 aliphatic heterocycles. The molecule has 1 nitrogen and oxygen atoms in total. The van der Waals surface area contributed by atoms with E-state index < -0.39 is 8.32 Å². The van der Waals surface area contributed by atoms with E-state index in [0.29, 0.717) is 0 Å². The van der Waals surface area contributed by atoms with Crippen LogP contribution in [0.1, 0.15) is 40.5 Å². The monoisotopic (exact) mass is 240 g/mol. The van der Waals surface area contributed by atoms with Crippen LogP contribution in [0.4, 0.5) is 0 Å². The van der Waals surface area contributed by atoms with Crippen molar-refractivity contribution >= 4 is 8.32 Å². The van der Waals surface area contributed by atoms with Gasteiger partial charge in [0, 0.05) is 0 Å². The third-order valence-corrected chi connectivity index (χ3v) is 8.16. The molecule has 0 bridgehead atoms. The third kappa shape index (κ3) is 4.66. The average molecular weight is 240 g/mol. The smallest absolute Gasteiger partial charge is 0.192 e. The van der Waals surface area contributed by atoms with Crippen molar-refractivity contribution in [2.24, 2.45) is 0 Å². The molecule has 2 heteroatoms. The van der Waals surface area contributed by atoms with Crippen molar-refractivity contribution in [3.05, 3.63) is 24.8 Å². The minimum absolute atomic E-state index is 0.240. The lowest BCUT2D eigenvalue weighted by molar-refractivity contribution is 0.212. The van der Waals surface area contributed by atoms with Gasteiger partial charge in [0.25, 0.3) is 0 Å². The second-order valence-electron chi connectivity index (χ2n) is 4.56. The second-order valence-corrected chi connectivity index (χ2v) is 9.29. The van der Waals surface area contributed by atoms with Gasteiger partial charge in [-0.25, -0.2) is 0 Å². The van der Waals surface area contributed by atoms with Gasteiger partial charge < -0.3 is 4.43 Å². The molecule has 0 radical (unpaired) electrons. The zero-order valence-electron chi connectivity index (χ0n) is 11.5. The Labute approximate surface area is 103 Å². The molecular weight excluding hydrogens is 212 g/mol. The molecule has 0 amide bonds. The molecule has 0 rings (SSSR count). The Morgan fingerprint density at radius 1 is 1.25 bits per heavy atom. The number of allylic oxidation sites excluding steroid dienone is 1. The molecule has 0 N–H and O–H groups in total. The predicted molar refractivity (Wildman–Crippen MR) is 76.3 cm³/mol. The molecule has 0 spiro atoms. The van der Waals surface area contributed by atoms with Crippen LogP contribution in [0.15, 0.2) is 24.8 Å². The molecule has 0 saturated carbocycles. The Morgan fingerprint density at radius 2 is 1.75 bits per heavy atom. The third-order valence-electron chi connectivity index (χ3n) is 3.51. The first kappa shape index (κ1) is 15.7. The molecule has 1 unspecified atom stereocenters. The quantitative estimate of drug-likeness (QED) is 0.410. The molecule has 94 valence electrons. The van der Waals surface area contributed by atoms with E-state index >= 15 is 0 Å². The average Bonchev–Trinajstić information content (AvgIpc) is 2.30. The van der Waals surface area contributed by atoms with Gasteiger partial charge >= 0.3 is 0 Å². The van der Waals surface area contributed by atoms with Crippen molar-refractivity contribution < 1.29 is 4.43 Å². The van der Waals surface area contributed by atoms with E-state index in [-0.39, 0.29) is 6.10 Å². The molecule has 0 aromatic heterocycles. The van der Waals surface area contributed by atoms with Gasteiger partial charge in [-0.05, 0) is 37.9 Å². The fourth-order valence-electron chi connectivity index (χ4n) is 1.98. The van der Waals surface area contributed by atoms with E-state index in [4.69, 9.17) is 4.43 Å². The summed E-state index contributed by atoms with van der Waals surface area (Å²) in [5, 5.41) is 0. The standard InChI is InChI=1S/C14H28OSi/c1-7-11-12-14(13(5)6)15-16(8-2,9-3)10-4/h7,14H,1,5,8-12H2,2-4,6H3. The highest BCUT2D eigenvalue weighted by molar-refractivity contribution is 6.73. The maximum atomic E-state index is 6.44. The fraction of sp³-hybridized carbons (Fsp3) is 0.714. The normalized spacial score (nSPS) is 13.5.